The summed E-state index contributed by atoms with van der Waals surface area (Å²) in [6.45, 7) is 1.12. The number of carbonyl (C=O) groups excluding carboxylic acids is 1. The molecule has 1 fully saturated rings. The van der Waals surface area contributed by atoms with Gasteiger partial charge in [-0.25, -0.2) is 10.2 Å². The Bertz CT molecular complexity index is 578. The Balaban J connectivity index is 2.34. The van der Waals surface area contributed by atoms with Crippen molar-refractivity contribution >= 4 is 12.2 Å². The number of aliphatic hydroxyl groups excluding tert-OH is 2. The van der Waals surface area contributed by atoms with E-state index in [2.05, 4.69) is 15.8 Å². The van der Waals surface area contributed by atoms with Gasteiger partial charge in [0.05, 0.1) is 12.1 Å². The number of aromatic nitrogens is 2. The largest absolute Gasteiger partial charge is 0.394 e. The lowest BCUT2D eigenvalue weighted by Crippen LogP contribution is -2.61. The zero-order valence-corrected chi connectivity index (χ0v) is 11.3. The first-order chi connectivity index (χ1) is 9.93. The van der Waals surface area contributed by atoms with Crippen LogP contribution in [-0.4, -0.2) is 50.5 Å². The van der Waals surface area contributed by atoms with Gasteiger partial charge in [-0.05, 0) is 13.0 Å². The van der Waals surface area contributed by atoms with Crippen molar-refractivity contribution in [3.05, 3.63) is 22.7 Å². The summed E-state index contributed by atoms with van der Waals surface area (Å²) in [5, 5.41) is 19.8. The second kappa shape index (κ2) is 5.77. The minimum Gasteiger partial charge on any atom is -0.394 e. The molecule has 1 unspecified atom stereocenters. The smallest absolute Gasteiger partial charge is 0.351 e. The van der Waals surface area contributed by atoms with E-state index in [-0.39, 0.29) is 5.82 Å². The van der Waals surface area contributed by atoms with Crippen molar-refractivity contribution in [1.29, 1.82) is 0 Å². The Kier molecular flexibility index (Phi) is 4.23. The summed E-state index contributed by atoms with van der Waals surface area (Å²) < 4.78 is 6.57. The molecule has 4 atom stereocenters. The number of anilines is 1. The van der Waals surface area contributed by atoms with E-state index in [0.717, 1.165) is 4.57 Å². The normalized spacial score (nSPS) is 32.0. The molecule has 0 radical (unpaired) electrons. The van der Waals surface area contributed by atoms with E-state index >= 15 is 0 Å². The molecule has 10 nitrogen and oxygen atoms in total. The van der Waals surface area contributed by atoms with Crippen molar-refractivity contribution in [2.24, 2.45) is 0 Å². The molecule has 6 N–H and O–H groups in total. The highest BCUT2D eigenvalue weighted by atomic mass is 16.5. The molecule has 1 aromatic heterocycles. The lowest BCUT2D eigenvalue weighted by molar-refractivity contribution is -0.111. The molecular weight excluding hydrogens is 282 g/mol. The van der Waals surface area contributed by atoms with Gasteiger partial charge in [-0.3, -0.25) is 14.8 Å². The molecule has 1 amide bonds. The molecule has 116 valence electrons. The number of nitrogen functional groups attached to an aromatic ring is 1. The number of hydrazine groups is 1. The topological polar surface area (TPSA) is 152 Å². The van der Waals surface area contributed by atoms with Gasteiger partial charge in [-0.1, -0.05) is 0 Å². The summed E-state index contributed by atoms with van der Waals surface area (Å²) in [4.78, 5) is 25.8. The molecule has 0 aliphatic carbocycles. The molecule has 1 aliphatic heterocycles. The third kappa shape index (κ3) is 2.61. The summed E-state index contributed by atoms with van der Waals surface area (Å²) in [6, 6.07) is 1.39. The SMILES string of the molecule is CC1(NNC=O)[C@H](O)[C@H](n2ccc(N)nc2=O)O[C@@H]1CO. The summed E-state index contributed by atoms with van der Waals surface area (Å²) in [6.07, 6.45) is -1.43. The lowest BCUT2D eigenvalue weighted by atomic mass is 9.91. The summed E-state index contributed by atoms with van der Waals surface area (Å²) in [7, 11) is 0. The van der Waals surface area contributed by atoms with E-state index in [9.17, 15) is 19.8 Å². The number of aliphatic hydroxyl groups is 2. The van der Waals surface area contributed by atoms with Gasteiger partial charge in [0, 0.05) is 6.20 Å². The van der Waals surface area contributed by atoms with Gasteiger partial charge >= 0.3 is 5.69 Å². The average Bonchev–Trinajstić information content (AvgIpc) is 2.70. The minimum absolute atomic E-state index is 0.0472. The van der Waals surface area contributed by atoms with Crippen molar-refractivity contribution in [3.8, 4) is 0 Å². The van der Waals surface area contributed by atoms with Gasteiger partial charge in [0.2, 0.25) is 6.41 Å². The number of amides is 1. The maximum Gasteiger partial charge on any atom is 0.351 e. The van der Waals surface area contributed by atoms with E-state index in [1.165, 1.54) is 12.3 Å². The molecule has 2 heterocycles. The first-order valence-corrected chi connectivity index (χ1v) is 6.19. The van der Waals surface area contributed by atoms with Crippen molar-refractivity contribution < 1.29 is 19.7 Å². The molecule has 0 bridgehead atoms. The van der Waals surface area contributed by atoms with Crippen LogP contribution >= 0.6 is 0 Å². The molecule has 0 aromatic carbocycles. The Morgan fingerprint density at radius 1 is 1.67 bits per heavy atom. The third-order valence-corrected chi connectivity index (χ3v) is 3.55. The predicted molar refractivity (Wildman–Crippen MR) is 70.7 cm³/mol. The number of nitrogens with two attached hydrogens (primary N) is 1. The highest BCUT2D eigenvalue weighted by Gasteiger charge is 2.54. The fourth-order valence-electron chi connectivity index (χ4n) is 2.28. The van der Waals surface area contributed by atoms with Crippen molar-refractivity contribution in [2.45, 2.75) is 30.9 Å². The third-order valence-electron chi connectivity index (χ3n) is 3.55. The maximum absolute atomic E-state index is 11.8. The molecule has 1 aliphatic rings. The molecule has 21 heavy (non-hydrogen) atoms. The zero-order chi connectivity index (χ0) is 15.6. The van der Waals surface area contributed by atoms with Crippen LogP contribution in [0.5, 0.6) is 0 Å². The minimum atomic E-state index is -1.23. The number of nitrogens with zero attached hydrogens (tertiary/aromatic N) is 2. The van der Waals surface area contributed by atoms with Crippen LogP contribution in [-0.2, 0) is 9.53 Å². The Morgan fingerprint density at radius 2 is 2.38 bits per heavy atom. The van der Waals surface area contributed by atoms with Crippen molar-refractivity contribution in [1.82, 2.24) is 20.4 Å². The average molecular weight is 299 g/mol. The van der Waals surface area contributed by atoms with Gasteiger partial charge in [0.25, 0.3) is 0 Å². The fraction of sp³-hybridized carbons (Fsp3) is 0.545. The van der Waals surface area contributed by atoms with Crippen LogP contribution in [0.15, 0.2) is 17.1 Å². The standard InChI is InChI=1S/C11H17N5O5/c1-11(15-13-5-18)6(4-17)21-9(8(11)19)16-3-2-7(12)14-10(16)20/h2-3,5-6,8-9,15,17,19H,4H2,1H3,(H,13,18)(H2,12,14,20)/t6-,8-,9-,11?/m1/s1. The first-order valence-electron chi connectivity index (χ1n) is 6.19. The van der Waals surface area contributed by atoms with Crippen molar-refractivity contribution in [3.63, 3.8) is 0 Å². The number of hydrogen-bond acceptors (Lipinski definition) is 8. The molecule has 2 rings (SSSR count). The van der Waals surface area contributed by atoms with Crippen LogP contribution in [0.3, 0.4) is 0 Å². The molecule has 1 aromatic rings. The Morgan fingerprint density at radius 3 is 2.95 bits per heavy atom. The van der Waals surface area contributed by atoms with Gasteiger partial charge in [-0.15, -0.1) is 0 Å². The molecule has 0 saturated carbocycles. The maximum atomic E-state index is 11.8. The van der Waals surface area contributed by atoms with Crippen LogP contribution in [0, 0.1) is 0 Å². The summed E-state index contributed by atoms with van der Waals surface area (Å²) in [5.41, 5.74) is 8.31. The lowest BCUT2D eigenvalue weighted by Gasteiger charge is -2.32. The van der Waals surface area contributed by atoms with Gasteiger partial charge in [-0.2, -0.15) is 4.98 Å². The number of rotatable bonds is 5. The Hall–Kier alpha value is -2.01. The van der Waals surface area contributed by atoms with Crippen molar-refractivity contribution in [2.75, 3.05) is 12.3 Å². The van der Waals surface area contributed by atoms with Gasteiger partial charge in [0.1, 0.15) is 18.0 Å². The highest BCUT2D eigenvalue weighted by molar-refractivity contribution is 5.45. The Labute approximate surface area is 119 Å². The summed E-state index contributed by atoms with van der Waals surface area (Å²) >= 11 is 0. The second-order valence-corrected chi connectivity index (χ2v) is 4.85. The van der Waals surface area contributed by atoms with Crippen LogP contribution < -0.4 is 22.3 Å². The van der Waals surface area contributed by atoms with Crippen LogP contribution in [0.2, 0.25) is 0 Å². The predicted octanol–water partition coefficient (Wildman–Crippen LogP) is -2.91. The molecule has 0 spiro atoms. The fourth-order valence-corrected chi connectivity index (χ4v) is 2.28. The number of nitrogens with one attached hydrogen (secondary N) is 2. The van der Waals surface area contributed by atoms with E-state index in [1.807, 2.05) is 0 Å². The van der Waals surface area contributed by atoms with E-state index in [1.54, 1.807) is 6.92 Å². The quantitative estimate of drug-likeness (QED) is 0.286. The van der Waals surface area contributed by atoms with Crippen LogP contribution in [0.25, 0.3) is 0 Å². The zero-order valence-electron chi connectivity index (χ0n) is 11.3. The van der Waals surface area contributed by atoms with Gasteiger partial charge < -0.3 is 20.7 Å². The second-order valence-electron chi connectivity index (χ2n) is 4.85. The van der Waals surface area contributed by atoms with Crippen LogP contribution in [0.1, 0.15) is 13.2 Å². The molecular formula is C11H17N5O5. The van der Waals surface area contributed by atoms with E-state index < -0.39 is 36.3 Å². The highest BCUT2D eigenvalue weighted by Crippen LogP contribution is 2.35. The number of carbonyl (C=O) groups is 1. The molecule has 10 heteroatoms. The number of hydrogen-bond donors (Lipinski definition) is 5. The molecule has 1 saturated heterocycles. The first kappa shape index (κ1) is 15.4. The number of ether oxygens (including phenoxy) is 1. The monoisotopic (exact) mass is 299 g/mol. The summed E-state index contributed by atoms with van der Waals surface area (Å²) in [5.74, 6) is 0.0472. The van der Waals surface area contributed by atoms with E-state index in [0.29, 0.717) is 6.41 Å². The van der Waals surface area contributed by atoms with Gasteiger partial charge in [0.15, 0.2) is 6.23 Å². The van der Waals surface area contributed by atoms with E-state index in [4.69, 9.17) is 10.5 Å². The van der Waals surface area contributed by atoms with Crippen LogP contribution in [0.4, 0.5) is 5.82 Å².